The molecular weight excluding hydrogens is 282 g/mol. The molecule has 1 aliphatic rings. The molecule has 0 radical (unpaired) electrons. The van der Waals surface area contributed by atoms with Crippen LogP contribution < -0.4 is 4.90 Å². The van der Waals surface area contributed by atoms with Crippen LogP contribution in [0.5, 0.6) is 0 Å². The average molecular weight is 299 g/mol. The highest BCUT2D eigenvalue weighted by molar-refractivity contribution is 6.06. The van der Waals surface area contributed by atoms with Gasteiger partial charge in [0, 0.05) is 18.3 Å². The fourth-order valence-corrected chi connectivity index (χ4v) is 3.21. The molecule has 3 aromatic carbocycles. The molecule has 4 rings (SSSR count). The summed E-state index contributed by atoms with van der Waals surface area (Å²) in [5.41, 5.74) is 3.36. The highest BCUT2D eigenvalue weighted by Gasteiger charge is 2.22. The Morgan fingerprint density at radius 1 is 0.913 bits per heavy atom. The number of carbonyl (C=O) groups is 1. The Morgan fingerprint density at radius 3 is 2.65 bits per heavy atom. The van der Waals surface area contributed by atoms with Gasteiger partial charge in [-0.05, 0) is 40.5 Å². The number of carbonyl (C=O) groups excluding carboxylic acids is 1. The van der Waals surface area contributed by atoms with Crippen LogP contribution in [0.15, 0.2) is 72.8 Å². The Hall–Kier alpha value is -2.87. The predicted octanol–water partition coefficient (Wildman–Crippen LogP) is 4.44. The number of fused-ring (bicyclic) bond motifs is 2. The molecule has 3 aromatic rings. The lowest BCUT2D eigenvalue weighted by molar-refractivity contribution is -0.114. The summed E-state index contributed by atoms with van der Waals surface area (Å²) in [5, 5.41) is 2.36. The molecule has 1 amide bonds. The van der Waals surface area contributed by atoms with Crippen molar-refractivity contribution in [2.75, 3.05) is 11.4 Å². The third-order valence-corrected chi connectivity index (χ3v) is 4.38. The fourth-order valence-electron chi connectivity index (χ4n) is 3.21. The van der Waals surface area contributed by atoms with Gasteiger partial charge in [0.05, 0.1) is 0 Å². The Kier molecular flexibility index (Phi) is 3.43. The summed E-state index contributed by atoms with van der Waals surface area (Å²) in [6.07, 6.45) is 4.54. The largest absolute Gasteiger partial charge is 0.308 e. The highest BCUT2D eigenvalue weighted by atomic mass is 16.2. The lowest BCUT2D eigenvalue weighted by atomic mass is 10.0. The number of hydrogen-bond donors (Lipinski definition) is 0. The summed E-state index contributed by atoms with van der Waals surface area (Å²) < 4.78 is 0. The van der Waals surface area contributed by atoms with Crippen molar-refractivity contribution in [3.8, 4) is 0 Å². The lowest BCUT2D eigenvalue weighted by Crippen LogP contribution is -2.26. The zero-order chi connectivity index (χ0) is 15.6. The number of para-hydroxylation sites is 1. The van der Waals surface area contributed by atoms with Gasteiger partial charge in [-0.15, -0.1) is 0 Å². The zero-order valence-corrected chi connectivity index (χ0v) is 12.8. The minimum absolute atomic E-state index is 0.0443. The molecule has 0 fully saturated rings. The second kappa shape index (κ2) is 5.73. The maximum atomic E-state index is 12.6. The van der Waals surface area contributed by atoms with Crippen LogP contribution in [0.25, 0.3) is 16.8 Å². The number of nitrogens with zero attached hydrogens (tertiary/aromatic N) is 1. The van der Waals surface area contributed by atoms with Gasteiger partial charge in [0.15, 0.2) is 0 Å². The van der Waals surface area contributed by atoms with Crippen molar-refractivity contribution in [2.24, 2.45) is 0 Å². The van der Waals surface area contributed by atoms with Gasteiger partial charge < -0.3 is 4.90 Å². The van der Waals surface area contributed by atoms with Gasteiger partial charge in [0.2, 0.25) is 0 Å². The first kappa shape index (κ1) is 13.8. The molecule has 0 saturated heterocycles. The molecule has 0 N–H and O–H groups in total. The SMILES string of the molecule is O=C(/C=C/c1cccc2ccccc12)N1CCc2ccccc21. The molecule has 23 heavy (non-hydrogen) atoms. The van der Waals surface area contributed by atoms with E-state index in [-0.39, 0.29) is 5.91 Å². The molecule has 0 saturated carbocycles. The monoisotopic (exact) mass is 299 g/mol. The number of rotatable bonds is 2. The van der Waals surface area contributed by atoms with Gasteiger partial charge in [-0.2, -0.15) is 0 Å². The van der Waals surface area contributed by atoms with Gasteiger partial charge >= 0.3 is 0 Å². The molecule has 112 valence electrons. The molecule has 0 aliphatic carbocycles. The summed E-state index contributed by atoms with van der Waals surface area (Å²) in [7, 11) is 0. The van der Waals surface area contributed by atoms with E-state index in [2.05, 4.69) is 24.3 Å². The molecule has 2 nitrogen and oxygen atoms in total. The van der Waals surface area contributed by atoms with Gasteiger partial charge in [-0.3, -0.25) is 4.79 Å². The van der Waals surface area contributed by atoms with Gasteiger partial charge in [0.1, 0.15) is 0 Å². The van der Waals surface area contributed by atoms with Crippen molar-refractivity contribution in [1.29, 1.82) is 0 Å². The molecule has 1 heterocycles. The highest BCUT2D eigenvalue weighted by Crippen LogP contribution is 2.28. The minimum Gasteiger partial charge on any atom is -0.308 e. The molecule has 0 aromatic heterocycles. The molecule has 0 unspecified atom stereocenters. The van der Waals surface area contributed by atoms with Crippen molar-refractivity contribution < 1.29 is 4.79 Å². The van der Waals surface area contributed by atoms with Crippen LogP contribution in [-0.2, 0) is 11.2 Å². The van der Waals surface area contributed by atoms with E-state index in [0.29, 0.717) is 0 Å². The van der Waals surface area contributed by atoms with E-state index in [1.165, 1.54) is 16.3 Å². The third-order valence-electron chi connectivity index (χ3n) is 4.38. The van der Waals surface area contributed by atoms with Crippen LogP contribution in [0.3, 0.4) is 0 Å². The first-order valence-electron chi connectivity index (χ1n) is 7.88. The van der Waals surface area contributed by atoms with Crippen molar-refractivity contribution in [1.82, 2.24) is 0 Å². The quantitative estimate of drug-likeness (QED) is 0.640. The van der Waals surface area contributed by atoms with Gasteiger partial charge in [-0.25, -0.2) is 0 Å². The number of benzene rings is 3. The first-order chi connectivity index (χ1) is 11.3. The van der Waals surface area contributed by atoms with Crippen LogP contribution >= 0.6 is 0 Å². The van der Waals surface area contributed by atoms with E-state index >= 15 is 0 Å². The van der Waals surface area contributed by atoms with Crippen molar-refractivity contribution in [3.63, 3.8) is 0 Å². The summed E-state index contributed by atoms with van der Waals surface area (Å²) in [6, 6.07) is 22.5. The summed E-state index contributed by atoms with van der Waals surface area (Å²) in [4.78, 5) is 14.4. The Balaban J connectivity index is 1.63. The van der Waals surface area contributed by atoms with E-state index in [1.54, 1.807) is 6.08 Å². The standard InChI is InChI=1S/C21H17NO/c23-21(22-15-14-18-7-2-4-11-20(18)22)13-12-17-9-5-8-16-6-1-3-10-19(16)17/h1-13H,14-15H2/b13-12+. The second-order valence-electron chi connectivity index (χ2n) is 5.77. The van der Waals surface area contributed by atoms with Crippen LogP contribution in [0.4, 0.5) is 5.69 Å². The molecule has 0 atom stereocenters. The van der Waals surface area contributed by atoms with E-state index in [0.717, 1.165) is 24.2 Å². The lowest BCUT2D eigenvalue weighted by Gasteiger charge is -2.14. The Labute approximate surface area is 135 Å². The summed E-state index contributed by atoms with van der Waals surface area (Å²) in [6.45, 7) is 0.762. The van der Waals surface area contributed by atoms with Crippen molar-refractivity contribution in [3.05, 3.63) is 83.9 Å². The van der Waals surface area contributed by atoms with E-state index in [9.17, 15) is 4.79 Å². The van der Waals surface area contributed by atoms with Crippen LogP contribution in [-0.4, -0.2) is 12.5 Å². The van der Waals surface area contributed by atoms with Crippen molar-refractivity contribution in [2.45, 2.75) is 6.42 Å². The van der Waals surface area contributed by atoms with Crippen molar-refractivity contribution >= 4 is 28.4 Å². The fraction of sp³-hybridized carbons (Fsp3) is 0.0952. The van der Waals surface area contributed by atoms with Crippen LogP contribution in [0.2, 0.25) is 0 Å². The molecular formula is C21H17NO. The molecule has 1 aliphatic heterocycles. The maximum Gasteiger partial charge on any atom is 0.251 e. The number of hydrogen-bond acceptors (Lipinski definition) is 1. The average Bonchev–Trinajstić information content (AvgIpc) is 3.04. The maximum absolute atomic E-state index is 12.6. The first-order valence-corrected chi connectivity index (χ1v) is 7.88. The summed E-state index contributed by atoms with van der Waals surface area (Å²) in [5.74, 6) is 0.0443. The normalized spacial score (nSPS) is 13.7. The minimum atomic E-state index is 0.0443. The van der Waals surface area contributed by atoms with Gasteiger partial charge in [-0.1, -0.05) is 60.7 Å². The van der Waals surface area contributed by atoms with Crippen LogP contribution in [0, 0.1) is 0 Å². The third kappa shape index (κ3) is 2.53. The predicted molar refractivity (Wildman–Crippen MR) is 95.5 cm³/mol. The summed E-state index contributed by atoms with van der Waals surface area (Å²) >= 11 is 0. The van der Waals surface area contributed by atoms with E-state index in [1.807, 2.05) is 53.4 Å². The Morgan fingerprint density at radius 2 is 1.70 bits per heavy atom. The topological polar surface area (TPSA) is 20.3 Å². The van der Waals surface area contributed by atoms with E-state index in [4.69, 9.17) is 0 Å². The molecule has 0 spiro atoms. The number of anilines is 1. The molecule has 0 bridgehead atoms. The Bertz CT molecular complexity index is 905. The van der Waals surface area contributed by atoms with Gasteiger partial charge in [0.25, 0.3) is 5.91 Å². The number of amides is 1. The smallest absolute Gasteiger partial charge is 0.251 e. The molecule has 2 heteroatoms. The van der Waals surface area contributed by atoms with Crippen LogP contribution in [0.1, 0.15) is 11.1 Å². The second-order valence-corrected chi connectivity index (χ2v) is 5.77. The van der Waals surface area contributed by atoms with E-state index < -0.39 is 0 Å². The zero-order valence-electron chi connectivity index (χ0n) is 12.8.